The lowest BCUT2D eigenvalue weighted by Crippen LogP contribution is -2.36. The number of nitrogen functional groups attached to an aromatic ring is 1. The Morgan fingerprint density at radius 2 is 1.78 bits per heavy atom. The molecule has 2 atom stereocenters. The van der Waals surface area contributed by atoms with Crippen LogP contribution in [0.3, 0.4) is 0 Å². The molecule has 1 heterocycles. The van der Waals surface area contributed by atoms with Gasteiger partial charge in [0.2, 0.25) is 11.8 Å². The number of fused-ring (bicyclic) bond motifs is 1. The van der Waals surface area contributed by atoms with Crippen molar-refractivity contribution >= 4 is 39.1 Å². The molecule has 0 aromatic heterocycles. The van der Waals surface area contributed by atoms with Crippen molar-refractivity contribution < 1.29 is 9.59 Å². The molecule has 18 heavy (non-hydrogen) atoms. The van der Waals surface area contributed by atoms with Crippen LogP contribution in [0.1, 0.15) is 13.8 Å². The first kappa shape index (κ1) is 11.7. The number of amides is 2. The maximum Gasteiger partial charge on any atom is 0.238 e. The van der Waals surface area contributed by atoms with E-state index in [1.165, 1.54) is 4.90 Å². The molecule has 1 aliphatic carbocycles. The van der Waals surface area contributed by atoms with Crippen molar-refractivity contribution in [2.75, 3.05) is 10.6 Å². The molecule has 0 spiro atoms. The maximum absolute atomic E-state index is 12.3. The average Bonchev–Trinajstić information content (AvgIpc) is 2.72. The lowest BCUT2D eigenvalue weighted by molar-refractivity contribution is -0.125. The molecule has 0 bridgehead atoms. The third-order valence-electron chi connectivity index (χ3n) is 4.01. The summed E-state index contributed by atoms with van der Waals surface area (Å²) in [6.07, 6.45) is 0. The van der Waals surface area contributed by atoms with Crippen molar-refractivity contribution in [1.82, 2.24) is 0 Å². The van der Waals surface area contributed by atoms with E-state index in [-0.39, 0.29) is 29.1 Å². The minimum absolute atomic E-state index is 0.0968. The molecule has 1 aromatic rings. The van der Waals surface area contributed by atoms with Gasteiger partial charge in [-0.25, -0.2) is 4.90 Å². The van der Waals surface area contributed by atoms with Gasteiger partial charge in [-0.1, -0.05) is 13.8 Å². The Kier molecular flexibility index (Phi) is 2.18. The topological polar surface area (TPSA) is 63.4 Å². The lowest BCUT2D eigenvalue weighted by Gasteiger charge is -2.21. The van der Waals surface area contributed by atoms with Crippen molar-refractivity contribution in [3.05, 3.63) is 22.7 Å². The first-order valence-corrected chi connectivity index (χ1v) is 6.58. The SMILES string of the molecule is CC1(C)C2C(=O)N(c3ccc(N)cc3Br)C(=O)C21. The highest BCUT2D eigenvalue weighted by molar-refractivity contribution is 9.10. The molecule has 0 radical (unpaired) electrons. The van der Waals surface area contributed by atoms with Crippen LogP contribution in [0.15, 0.2) is 22.7 Å². The fourth-order valence-corrected chi connectivity index (χ4v) is 3.46. The zero-order valence-electron chi connectivity index (χ0n) is 10.1. The summed E-state index contributed by atoms with van der Waals surface area (Å²) in [5, 5.41) is 0. The summed E-state index contributed by atoms with van der Waals surface area (Å²) in [4.78, 5) is 25.8. The average molecular weight is 309 g/mol. The summed E-state index contributed by atoms with van der Waals surface area (Å²) in [6.45, 7) is 3.93. The van der Waals surface area contributed by atoms with Crippen LogP contribution in [0.4, 0.5) is 11.4 Å². The minimum Gasteiger partial charge on any atom is -0.399 e. The molecule has 4 nitrogen and oxygen atoms in total. The standard InChI is InChI=1S/C13H13BrN2O2/c1-13(2)9-10(13)12(18)16(11(9)17)8-4-3-6(15)5-7(8)14/h3-5,9-10H,15H2,1-2H3. The summed E-state index contributed by atoms with van der Waals surface area (Å²) >= 11 is 3.35. The van der Waals surface area contributed by atoms with Crippen molar-refractivity contribution in [1.29, 1.82) is 0 Å². The largest absolute Gasteiger partial charge is 0.399 e. The summed E-state index contributed by atoms with van der Waals surface area (Å²) in [6, 6.07) is 5.09. The summed E-state index contributed by atoms with van der Waals surface area (Å²) < 4.78 is 0.670. The monoisotopic (exact) mass is 308 g/mol. The number of carbonyl (C=O) groups excluding carboxylic acids is 2. The molecular formula is C13H13BrN2O2. The molecule has 1 saturated heterocycles. The van der Waals surface area contributed by atoms with E-state index in [1.54, 1.807) is 18.2 Å². The van der Waals surface area contributed by atoms with Gasteiger partial charge < -0.3 is 5.73 Å². The van der Waals surface area contributed by atoms with E-state index >= 15 is 0 Å². The molecule has 1 aliphatic heterocycles. The quantitative estimate of drug-likeness (QED) is 0.639. The van der Waals surface area contributed by atoms with E-state index in [0.717, 1.165) is 0 Å². The maximum atomic E-state index is 12.3. The predicted molar refractivity (Wildman–Crippen MR) is 71.8 cm³/mol. The van der Waals surface area contributed by atoms with E-state index in [9.17, 15) is 9.59 Å². The van der Waals surface area contributed by atoms with Gasteiger partial charge in [-0.3, -0.25) is 9.59 Å². The molecule has 2 amide bonds. The second-order valence-electron chi connectivity index (χ2n) is 5.50. The Hall–Kier alpha value is -1.36. The minimum atomic E-state index is -0.176. The van der Waals surface area contributed by atoms with Crippen LogP contribution >= 0.6 is 15.9 Å². The highest BCUT2D eigenvalue weighted by Gasteiger charge is 2.72. The molecular weight excluding hydrogens is 296 g/mol. The number of anilines is 2. The third kappa shape index (κ3) is 1.31. The van der Waals surface area contributed by atoms with Gasteiger partial charge in [0.1, 0.15) is 0 Å². The van der Waals surface area contributed by atoms with Crippen molar-refractivity contribution in [2.24, 2.45) is 17.3 Å². The highest BCUT2D eigenvalue weighted by Crippen LogP contribution is 2.63. The summed E-state index contributed by atoms with van der Waals surface area (Å²) in [5.74, 6) is -0.509. The van der Waals surface area contributed by atoms with Crippen LogP contribution in [-0.2, 0) is 9.59 Å². The second-order valence-corrected chi connectivity index (χ2v) is 6.35. The van der Waals surface area contributed by atoms with Gasteiger partial charge in [-0.05, 0) is 39.5 Å². The van der Waals surface area contributed by atoms with Gasteiger partial charge in [0, 0.05) is 10.2 Å². The molecule has 2 unspecified atom stereocenters. The summed E-state index contributed by atoms with van der Waals surface area (Å²) in [5.41, 5.74) is 6.66. The van der Waals surface area contributed by atoms with Crippen LogP contribution in [0.2, 0.25) is 0 Å². The Labute approximate surface area is 113 Å². The first-order valence-electron chi connectivity index (χ1n) is 5.78. The van der Waals surface area contributed by atoms with E-state index in [4.69, 9.17) is 5.73 Å². The molecule has 2 aliphatic rings. The number of benzene rings is 1. The van der Waals surface area contributed by atoms with Crippen LogP contribution in [0.5, 0.6) is 0 Å². The Morgan fingerprint density at radius 3 is 2.28 bits per heavy atom. The second kappa shape index (κ2) is 3.35. The van der Waals surface area contributed by atoms with E-state index in [2.05, 4.69) is 15.9 Å². The fraction of sp³-hybridized carbons (Fsp3) is 0.385. The molecule has 2 N–H and O–H groups in total. The van der Waals surface area contributed by atoms with Gasteiger partial charge in [-0.2, -0.15) is 0 Å². The molecule has 2 fully saturated rings. The number of imide groups is 1. The number of piperidine rings is 1. The Bertz CT molecular complexity index is 558. The zero-order chi connectivity index (χ0) is 13.2. The number of hydrogen-bond acceptors (Lipinski definition) is 3. The molecule has 94 valence electrons. The van der Waals surface area contributed by atoms with Crippen molar-refractivity contribution in [2.45, 2.75) is 13.8 Å². The first-order chi connectivity index (χ1) is 8.35. The van der Waals surface area contributed by atoms with Crippen LogP contribution in [0, 0.1) is 17.3 Å². The number of hydrogen-bond donors (Lipinski definition) is 1. The number of halogens is 1. The van der Waals surface area contributed by atoms with E-state index in [0.29, 0.717) is 15.8 Å². The Balaban J connectivity index is 2.01. The van der Waals surface area contributed by atoms with Gasteiger partial charge in [0.05, 0.1) is 17.5 Å². The lowest BCUT2D eigenvalue weighted by atomic mass is 10.1. The Morgan fingerprint density at radius 1 is 1.22 bits per heavy atom. The summed E-state index contributed by atoms with van der Waals surface area (Å²) in [7, 11) is 0. The fourth-order valence-electron chi connectivity index (χ4n) is 2.89. The molecule has 1 aromatic carbocycles. The van der Waals surface area contributed by atoms with E-state index < -0.39 is 0 Å². The predicted octanol–water partition coefficient (Wildman–Crippen LogP) is 2.18. The number of carbonyl (C=O) groups is 2. The zero-order valence-corrected chi connectivity index (χ0v) is 11.7. The molecule has 3 rings (SSSR count). The van der Waals surface area contributed by atoms with Crippen LogP contribution in [-0.4, -0.2) is 11.8 Å². The molecule has 5 heteroatoms. The van der Waals surface area contributed by atoms with Crippen molar-refractivity contribution in [3.63, 3.8) is 0 Å². The van der Waals surface area contributed by atoms with Crippen LogP contribution < -0.4 is 10.6 Å². The molecule has 1 saturated carbocycles. The normalized spacial score (nSPS) is 28.5. The number of nitrogens with two attached hydrogens (primary N) is 1. The van der Waals surface area contributed by atoms with Crippen LogP contribution in [0.25, 0.3) is 0 Å². The van der Waals surface area contributed by atoms with Gasteiger partial charge in [0.25, 0.3) is 0 Å². The number of rotatable bonds is 1. The van der Waals surface area contributed by atoms with Gasteiger partial charge in [-0.15, -0.1) is 0 Å². The van der Waals surface area contributed by atoms with Gasteiger partial charge >= 0.3 is 0 Å². The smallest absolute Gasteiger partial charge is 0.238 e. The van der Waals surface area contributed by atoms with E-state index in [1.807, 2.05) is 13.8 Å². The van der Waals surface area contributed by atoms with Crippen molar-refractivity contribution in [3.8, 4) is 0 Å². The highest BCUT2D eigenvalue weighted by atomic mass is 79.9. The number of nitrogens with zero attached hydrogens (tertiary/aromatic N) is 1. The van der Waals surface area contributed by atoms with Gasteiger partial charge in [0.15, 0.2) is 0 Å². The third-order valence-corrected chi connectivity index (χ3v) is 4.65.